The highest BCUT2D eigenvalue weighted by Gasteiger charge is 2.24. The molecule has 0 aliphatic carbocycles. The van der Waals surface area contributed by atoms with Crippen LogP contribution >= 0.6 is 22.9 Å². The van der Waals surface area contributed by atoms with Crippen molar-refractivity contribution in [1.29, 1.82) is 0 Å². The van der Waals surface area contributed by atoms with Gasteiger partial charge in [0.1, 0.15) is 11.5 Å². The molecule has 2 N–H and O–H groups in total. The zero-order valence-electron chi connectivity index (χ0n) is 23.8. The van der Waals surface area contributed by atoms with Gasteiger partial charge in [-0.15, -0.1) is 11.3 Å². The fourth-order valence-electron chi connectivity index (χ4n) is 4.83. The number of nitrogens with zero attached hydrogens (tertiary/aromatic N) is 5. The molecule has 4 aromatic heterocycles. The van der Waals surface area contributed by atoms with Gasteiger partial charge >= 0.3 is 5.97 Å². The van der Waals surface area contributed by atoms with E-state index in [2.05, 4.69) is 20.4 Å². The van der Waals surface area contributed by atoms with E-state index in [1.165, 1.54) is 58.6 Å². The molecular weight excluding hydrogens is 628 g/mol. The predicted molar refractivity (Wildman–Crippen MR) is 174 cm³/mol. The first kappa shape index (κ1) is 30.3. The Labute approximate surface area is 270 Å². The molecule has 0 aliphatic heterocycles. The molecule has 6 rings (SSSR count). The Morgan fingerprint density at radius 2 is 1.63 bits per heavy atom. The maximum atomic E-state index is 13.9. The molecule has 0 fully saturated rings. The van der Waals surface area contributed by atoms with Crippen LogP contribution in [0.1, 0.15) is 36.2 Å². The van der Waals surface area contributed by atoms with Gasteiger partial charge in [0.2, 0.25) is 5.78 Å². The van der Waals surface area contributed by atoms with Crippen LogP contribution in [0.3, 0.4) is 0 Å². The molecule has 0 bridgehead atoms. The lowest BCUT2D eigenvalue weighted by Crippen LogP contribution is -2.26. The third-order valence-corrected chi connectivity index (χ3v) is 8.19. The zero-order valence-corrected chi connectivity index (χ0v) is 25.4. The van der Waals surface area contributed by atoms with Crippen molar-refractivity contribution in [1.82, 2.24) is 24.3 Å². The van der Waals surface area contributed by atoms with Crippen LogP contribution < -0.4 is 10.9 Å². The number of carbonyl (C=O) groups is 3. The van der Waals surface area contributed by atoms with Crippen molar-refractivity contribution in [2.24, 2.45) is 0 Å². The number of halogens is 1. The molecule has 0 aliphatic rings. The smallest absolute Gasteiger partial charge is 0.335 e. The summed E-state index contributed by atoms with van der Waals surface area (Å²) >= 11 is 7.49. The molecule has 0 saturated heterocycles. The van der Waals surface area contributed by atoms with Crippen LogP contribution in [0.25, 0.3) is 22.5 Å². The minimum absolute atomic E-state index is 0.0542. The number of benzene rings is 2. The van der Waals surface area contributed by atoms with Gasteiger partial charge in [0.25, 0.3) is 11.5 Å². The monoisotopic (exact) mass is 650 g/mol. The number of aromatic carboxylic acids is 1. The normalized spacial score (nSPS) is 10.9. The fraction of sp³-hybridized carbons (Fsp3) is 0.0606. The average molecular weight is 651 g/mol. The minimum Gasteiger partial charge on any atom is -0.478 e. The van der Waals surface area contributed by atoms with E-state index in [1.54, 1.807) is 24.3 Å². The van der Waals surface area contributed by atoms with Gasteiger partial charge < -0.3 is 10.4 Å². The first-order valence-electron chi connectivity index (χ1n) is 13.8. The molecule has 6 aromatic rings. The van der Waals surface area contributed by atoms with Gasteiger partial charge in [-0.25, -0.2) is 14.8 Å². The topological polar surface area (TPSA) is 149 Å². The number of carbonyl (C=O) groups excluding carboxylic acids is 2. The molecular formula is C33H23ClN6O5S. The van der Waals surface area contributed by atoms with Crippen molar-refractivity contribution in [2.45, 2.75) is 13.1 Å². The number of pyridine rings is 1. The molecule has 4 heterocycles. The quantitative estimate of drug-likeness (QED) is 0.176. The van der Waals surface area contributed by atoms with Crippen molar-refractivity contribution >= 4 is 46.4 Å². The first-order valence-corrected chi connectivity index (χ1v) is 15.0. The predicted octanol–water partition coefficient (Wildman–Crippen LogP) is 5.77. The Bertz CT molecular complexity index is 2140. The molecule has 0 radical (unpaired) electrons. The zero-order chi connectivity index (χ0) is 32.2. The number of hydrogen-bond acceptors (Lipinski definition) is 9. The summed E-state index contributed by atoms with van der Waals surface area (Å²) in [6.07, 6.45) is 2.88. The number of carboxylic acid groups (broad SMARTS) is 1. The van der Waals surface area contributed by atoms with Gasteiger partial charge in [-0.1, -0.05) is 48.0 Å². The fourth-order valence-corrected chi connectivity index (χ4v) is 5.86. The van der Waals surface area contributed by atoms with Gasteiger partial charge in [0, 0.05) is 40.5 Å². The molecule has 46 heavy (non-hydrogen) atoms. The second kappa shape index (κ2) is 13.1. The van der Waals surface area contributed by atoms with Crippen LogP contribution in [0.15, 0.2) is 108 Å². The number of rotatable bonds is 10. The molecule has 0 saturated carbocycles. The summed E-state index contributed by atoms with van der Waals surface area (Å²) in [6.45, 7) is -0.0985. The second-order valence-corrected chi connectivity index (χ2v) is 11.8. The van der Waals surface area contributed by atoms with Gasteiger partial charge in [-0.3, -0.25) is 19.0 Å². The van der Waals surface area contributed by atoms with Crippen molar-refractivity contribution in [3.63, 3.8) is 0 Å². The summed E-state index contributed by atoms with van der Waals surface area (Å²) < 4.78 is 3.00. The summed E-state index contributed by atoms with van der Waals surface area (Å²) in [7, 11) is 0. The van der Waals surface area contributed by atoms with Crippen molar-refractivity contribution in [3.05, 3.63) is 140 Å². The number of thiophene rings is 1. The summed E-state index contributed by atoms with van der Waals surface area (Å²) in [4.78, 5) is 61.2. The minimum atomic E-state index is -1.18. The van der Waals surface area contributed by atoms with Crippen LogP contribution in [0, 0.1) is 0 Å². The Hall–Kier alpha value is -5.72. The molecule has 13 heteroatoms. The van der Waals surface area contributed by atoms with Crippen LogP contribution in [0.4, 0.5) is 5.82 Å². The number of nitrogens with one attached hydrogen (secondary N) is 1. The number of carboxylic acids is 1. The average Bonchev–Trinajstić information content (AvgIpc) is 3.70. The summed E-state index contributed by atoms with van der Waals surface area (Å²) in [5.41, 5.74) is 1.38. The van der Waals surface area contributed by atoms with Crippen LogP contribution in [0.2, 0.25) is 4.34 Å². The van der Waals surface area contributed by atoms with E-state index in [1.807, 2.05) is 36.4 Å². The number of ketones is 1. The number of hydrogen-bond donors (Lipinski definition) is 2. The largest absolute Gasteiger partial charge is 0.478 e. The van der Waals surface area contributed by atoms with E-state index >= 15 is 0 Å². The van der Waals surface area contributed by atoms with Gasteiger partial charge in [0.05, 0.1) is 28.7 Å². The lowest BCUT2D eigenvalue weighted by atomic mass is 10.0. The third-order valence-electron chi connectivity index (χ3n) is 6.96. The van der Waals surface area contributed by atoms with E-state index in [0.29, 0.717) is 16.4 Å². The molecule has 0 amide bonds. The van der Waals surface area contributed by atoms with Crippen LogP contribution in [-0.2, 0) is 13.1 Å². The summed E-state index contributed by atoms with van der Waals surface area (Å²) in [5, 5.41) is 17.4. The molecule has 11 nitrogen and oxygen atoms in total. The Morgan fingerprint density at radius 3 is 2.35 bits per heavy atom. The van der Waals surface area contributed by atoms with E-state index in [-0.39, 0.29) is 34.2 Å². The molecule has 2 aromatic carbocycles. The highest BCUT2D eigenvalue weighted by molar-refractivity contribution is 7.16. The van der Waals surface area contributed by atoms with E-state index in [0.717, 1.165) is 15.1 Å². The summed E-state index contributed by atoms with van der Waals surface area (Å²) in [6, 6.07) is 24.7. The maximum absolute atomic E-state index is 13.9. The highest BCUT2D eigenvalue weighted by atomic mass is 35.5. The third kappa shape index (κ3) is 6.39. The van der Waals surface area contributed by atoms with Crippen molar-refractivity contribution in [3.8, 4) is 22.5 Å². The lowest BCUT2D eigenvalue weighted by Gasteiger charge is -2.15. The van der Waals surface area contributed by atoms with Crippen molar-refractivity contribution in [2.75, 3.05) is 5.32 Å². The Kier molecular flexibility index (Phi) is 8.63. The number of anilines is 1. The number of Topliss-reactive ketones (excluding diaryl/α,β-unsaturated/α-hetero) is 1. The summed E-state index contributed by atoms with van der Waals surface area (Å²) in [5.74, 6) is -2.08. The molecule has 228 valence electrons. The van der Waals surface area contributed by atoms with Crippen LogP contribution in [-0.4, -0.2) is 47.1 Å². The molecule has 0 spiro atoms. The lowest BCUT2D eigenvalue weighted by molar-refractivity contribution is 0.0696. The molecule has 0 unspecified atom stereocenters. The first-order chi connectivity index (χ1) is 22.3. The van der Waals surface area contributed by atoms with E-state index < -0.39 is 29.8 Å². The SMILES string of the molecule is O=C(O)c1cccc(C(=O)n2nc(-c3c(-c4ccccc4)ccc(=O)n3CC(=O)c3ncccn3)cc2NCc2ccc(Cl)s2)c1. The van der Waals surface area contributed by atoms with E-state index in [9.17, 15) is 24.3 Å². The van der Waals surface area contributed by atoms with Crippen LogP contribution in [0.5, 0.6) is 0 Å². The maximum Gasteiger partial charge on any atom is 0.335 e. The van der Waals surface area contributed by atoms with Gasteiger partial charge in [0.15, 0.2) is 5.82 Å². The van der Waals surface area contributed by atoms with Gasteiger partial charge in [-0.2, -0.15) is 9.78 Å². The molecule has 0 atom stereocenters. The highest BCUT2D eigenvalue weighted by Crippen LogP contribution is 2.33. The standard InChI is InChI=1S/C33H23ClN6O5S/c34-27-12-10-23(46-27)18-37-28-17-25(38-40(28)32(43)21-8-4-9-22(16-21)33(44)45)30-24(20-6-2-1-3-7-20)11-13-29(42)39(30)19-26(41)31-35-14-5-15-36-31/h1-17,37H,18-19H2,(H,44,45). The van der Waals surface area contributed by atoms with Crippen molar-refractivity contribution < 1.29 is 19.5 Å². The Morgan fingerprint density at radius 1 is 0.870 bits per heavy atom. The number of aromatic nitrogens is 5. The van der Waals surface area contributed by atoms with E-state index in [4.69, 9.17) is 11.6 Å². The second-order valence-electron chi connectivity index (χ2n) is 9.96. The van der Waals surface area contributed by atoms with Gasteiger partial charge in [-0.05, 0) is 48.0 Å². The Balaban J connectivity index is 1.52.